The second-order valence-corrected chi connectivity index (χ2v) is 8.75. The zero-order valence-electron chi connectivity index (χ0n) is 17.3. The SMILES string of the molecule is Cc1cc(C)c2c(n1)nn1c(N3CC[NH+](C4CCCCC4)CC3)cc(C)nc21. The third kappa shape index (κ3) is 3.04. The summed E-state index contributed by atoms with van der Waals surface area (Å²) in [5.41, 5.74) is 5.01. The highest BCUT2D eigenvalue weighted by Gasteiger charge is 2.29. The molecule has 6 nitrogen and oxygen atoms in total. The van der Waals surface area contributed by atoms with Gasteiger partial charge in [0.1, 0.15) is 5.82 Å². The lowest BCUT2D eigenvalue weighted by atomic mass is 9.94. The van der Waals surface area contributed by atoms with Crippen molar-refractivity contribution in [2.75, 3.05) is 31.1 Å². The molecule has 1 aliphatic carbocycles. The third-order valence-electron chi connectivity index (χ3n) is 6.69. The van der Waals surface area contributed by atoms with E-state index in [0.29, 0.717) is 0 Å². The van der Waals surface area contributed by atoms with Gasteiger partial charge in [-0.15, -0.1) is 5.10 Å². The highest BCUT2D eigenvalue weighted by molar-refractivity contribution is 5.93. The van der Waals surface area contributed by atoms with E-state index in [-0.39, 0.29) is 0 Å². The highest BCUT2D eigenvalue weighted by Crippen LogP contribution is 2.26. The molecule has 3 aromatic rings. The molecule has 1 saturated carbocycles. The fourth-order valence-corrected chi connectivity index (χ4v) is 5.29. The van der Waals surface area contributed by atoms with Crippen LogP contribution in [0.2, 0.25) is 0 Å². The average molecular weight is 380 g/mol. The van der Waals surface area contributed by atoms with E-state index < -0.39 is 0 Å². The maximum atomic E-state index is 4.86. The Morgan fingerprint density at radius 3 is 2.39 bits per heavy atom. The van der Waals surface area contributed by atoms with Gasteiger partial charge in [0.25, 0.3) is 0 Å². The van der Waals surface area contributed by atoms with Crippen LogP contribution in [0.4, 0.5) is 5.82 Å². The Hall–Kier alpha value is -2.21. The molecule has 28 heavy (non-hydrogen) atoms. The molecule has 0 radical (unpaired) electrons. The number of aromatic nitrogens is 4. The monoisotopic (exact) mass is 379 g/mol. The summed E-state index contributed by atoms with van der Waals surface area (Å²) < 4.78 is 2.03. The summed E-state index contributed by atoms with van der Waals surface area (Å²) in [6.07, 6.45) is 7.12. The van der Waals surface area contributed by atoms with Crippen LogP contribution >= 0.6 is 0 Å². The number of nitrogens with zero attached hydrogens (tertiary/aromatic N) is 5. The molecule has 0 spiro atoms. The van der Waals surface area contributed by atoms with Crippen LogP contribution in [-0.4, -0.2) is 51.8 Å². The van der Waals surface area contributed by atoms with E-state index in [9.17, 15) is 0 Å². The van der Waals surface area contributed by atoms with Crippen molar-refractivity contribution >= 4 is 22.5 Å². The van der Waals surface area contributed by atoms with Crippen LogP contribution in [0.15, 0.2) is 12.1 Å². The molecule has 2 aliphatic rings. The third-order valence-corrected chi connectivity index (χ3v) is 6.69. The second kappa shape index (κ2) is 6.99. The number of aryl methyl sites for hydroxylation is 3. The van der Waals surface area contributed by atoms with Gasteiger partial charge in [0.05, 0.1) is 37.6 Å². The maximum Gasteiger partial charge on any atom is 0.184 e. The summed E-state index contributed by atoms with van der Waals surface area (Å²) in [7, 11) is 0. The van der Waals surface area contributed by atoms with Crippen LogP contribution in [0, 0.1) is 20.8 Å². The zero-order valence-corrected chi connectivity index (χ0v) is 17.3. The van der Waals surface area contributed by atoms with E-state index in [2.05, 4.69) is 35.9 Å². The van der Waals surface area contributed by atoms with Crippen molar-refractivity contribution in [1.82, 2.24) is 19.6 Å². The molecule has 0 bridgehead atoms. The Bertz CT molecular complexity index is 1010. The summed E-state index contributed by atoms with van der Waals surface area (Å²) in [4.78, 5) is 13.8. The van der Waals surface area contributed by atoms with Gasteiger partial charge in [-0.2, -0.15) is 4.52 Å². The predicted molar refractivity (Wildman–Crippen MR) is 112 cm³/mol. The molecule has 1 N–H and O–H groups in total. The number of nitrogens with one attached hydrogen (secondary N) is 1. The molecule has 2 fully saturated rings. The van der Waals surface area contributed by atoms with Crippen molar-refractivity contribution in [3.8, 4) is 0 Å². The minimum Gasteiger partial charge on any atom is -0.345 e. The molecule has 0 atom stereocenters. The maximum absolute atomic E-state index is 4.86. The molecule has 0 unspecified atom stereocenters. The molecule has 1 saturated heterocycles. The molecule has 0 amide bonds. The van der Waals surface area contributed by atoms with Crippen LogP contribution < -0.4 is 9.80 Å². The van der Waals surface area contributed by atoms with Crippen molar-refractivity contribution in [3.05, 3.63) is 29.1 Å². The Morgan fingerprint density at radius 1 is 0.929 bits per heavy atom. The summed E-state index contributed by atoms with van der Waals surface area (Å²) in [6.45, 7) is 10.9. The lowest BCUT2D eigenvalue weighted by molar-refractivity contribution is -0.927. The Morgan fingerprint density at radius 2 is 1.64 bits per heavy atom. The molecule has 6 heteroatoms. The van der Waals surface area contributed by atoms with Gasteiger partial charge in [-0.25, -0.2) is 9.97 Å². The van der Waals surface area contributed by atoms with Crippen molar-refractivity contribution < 1.29 is 4.90 Å². The standard InChI is InChI=1S/C22H30N6/c1-15-13-16(2)23-21-20(15)22-24-17(3)14-19(28(22)25-21)27-11-9-26(10-12-27)18-7-5-4-6-8-18/h13-14,18H,4-12H2,1-3H3/p+1. The first-order valence-electron chi connectivity index (χ1n) is 10.8. The van der Waals surface area contributed by atoms with Gasteiger partial charge in [0.15, 0.2) is 11.3 Å². The number of quaternary nitrogens is 1. The molecular formula is C22H31N6+. The molecule has 4 heterocycles. The molecular weight excluding hydrogens is 348 g/mol. The van der Waals surface area contributed by atoms with Crippen molar-refractivity contribution in [1.29, 1.82) is 0 Å². The van der Waals surface area contributed by atoms with Gasteiger partial charge in [-0.1, -0.05) is 6.42 Å². The highest BCUT2D eigenvalue weighted by atomic mass is 15.4. The second-order valence-electron chi connectivity index (χ2n) is 8.75. The van der Waals surface area contributed by atoms with E-state index >= 15 is 0 Å². The van der Waals surface area contributed by atoms with Gasteiger partial charge < -0.3 is 9.80 Å². The van der Waals surface area contributed by atoms with E-state index in [1.54, 1.807) is 0 Å². The summed E-state index contributed by atoms with van der Waals surface area (Å²) in [5, 5.41) is 5.94. The van der Waals surface area contributed by atoms with Gasteiger partial charge in [0.2, 0.25) is 0 Å². The molecule has 1 aliphatic heterocycles. The largest absolute Gasteiger partial charge is 0.345 e. The minimum absolute atomic E-state index is 0.809. The zero-order chi connectivity index (χ0) is 19.3. The number of hydrogen-bond acceptors (Lipinski definition) is 4. The van der Waals surface area contributed by atoms with Gasteiger partial charge in [-0.05, 0) is 58.1 Å². The van der Waals surface area contributed by atoms with Crippen molar-refractivity contribution in [2.45, 2.75) is 58.9 Å². The van der Waals surface area contributed by atoms with Gasteiger partial charge in [-0.3, -0.25) is 0 Å². The lowest BCUT2D eigenvalue weighted by Crippen LogP contribution is -3.18. The number of hydrogen-bond donors (Lipinski definition) is 1. The van der Waals surface area contributed by atoms with Crippen LogP contribution in [0.5, 0.6) is 0 Å². The molecule has 3 aromatic heterocycles. The number of piperazine rings is 1. The van der Waals surface area contributed by atoms with Crippen LogP contribution in [0.1, 0.15) is 49.1 Å². The number of anilines is 1. The number of rotatable bonds is 2. The summed E-state index contributed by atoms with van der Waals surface area (Å²) >= 11 is 0. The van der Waals surface area contributed by atoms with Crippen molar-refractivity contribution in [3.63, 3.8) is 0 Å². The first kappa shape index (κ1) is 17.9. The van der Waals surface area contributed by atoms with Crippen LogP contribution in [-0.2, 0) is 0 Å². The Kier molecular flexibility index (Phi) is 4.46. The van der Waals surface area contributed by atoms with E-state index in [1.165, 1.54) is 56.6 Å². The quantitative estimate of drug-likeness (QED) is 0.742. The summed E-state index contributed by atoms with van der Waals surface area (Å²) in [6, 6.07) is 5.20. The first-order valence-corrected chi connectivity index (χ1v) is 10.8. The molecule has 5 rings (SSSR count). The topological polar surface area (TPSA) is 50.8 Å². The minimum atomic E-state index is 0.809. The van der Waals surface area contributed by atoms with Crippen LogP contribution in [0.3, 0.4) is 0 Å². The van der Waals surface area contributed by atoms with Crippen molar-refractivity contribution in [2.24, 2.45) is 0 Å². The van der Waals surface area contributed by atoms with Gasteiger partial charge >= 0.3 is 0 Å². The van der Waals surface area contributed by atoms with E-state index in [4.69, 9.17) is 10.1 Å². The Balaban J connectivity index is 1.48. The average Bonchev–Trinajstić information content (AvgIpc) is 3.06. The smallest absolute Gasteiger partial charge is 0.184 e. The molecule has 0 aromatic carbocycles. The van der Waals surface area contributed by atoms with Crippen LogP contribution in [0.25, 0.3) is 16.7 Å². The number of fused-ring (bicyclic) bond motifs is 3. The predicted octanol–water partition coefficient (Wildman–Crippen LogP) is 2.24. The lowest BCUT2D eigenvalue weighted by Gasteiger charge is -2.38. The van der Waals surface area contributed by atoms with Gasteiger partial charge in [0, 0.05) is 17.5 Å². The fraction of sp³-hybridized carbons (Fsp3) is 0.591. The number of pyridine rings is 1. The first-order chi connectivity index (χ1) is 13.6. The fourth-order valence-electron chi connectivity index (χ4n) is 5.29. The normalized spacial score (nSPS) is 19.8. The summed E-state index contributed by atoms with van der Waals surface area (Å²) in [5.74, 6) is 1.17. The van der Waals surface area contributed by atoms with E-state index in [0.717, 1.165) is 47.2 Å². The Labute approximate surface area is 166 Å². The van der Waals surface area contributed by atoms with E-state index in [1.807, 2.05) is 16.3 Å². The molecule has 148 valence electrons.